The maximum absolute atomic E-state index is 8.99. The Morgan fingerprint density at radius 2 is 1.75 bits per heavy atom. The fourth-order valence-electron chi connectivity index (χ4n) is 0.828. The van der Waals surface area contributed by atoms with E-state index in [0.717, 1.165) is 5.56 Å². The van der Waals surface area contributed by atoms with Gasteiger partial charge in [-0.05, 0) is 29.5 Å². The van der Waals surface area contributed by atoms with E-state index in [1.54, 1.807) is 24.3 Å². The van der Waals surface area contributed by atoms with Gasteiger partial charge < -0.3 is 9.79 Å². The summed E-state index contributed by atoms with van der Waals surface area (Å²) in [5, 5.41) is 0.628. The Morgan fingerprint density at radius 3 is 2.17 bits per heavy atom. The second-order valence-electron chi connectivity index (χ2n) is 2.45. The maximum atomic E-state index is 8.99. The second-order valence-corrected chi connectivity index (χ2v) is 6.29. The van der Waals surface area contributed by atoms with E-state index in [1.165, 1.54) is 0 Å². The van der Waals surface area contributed by atoms with Crippen LogP contribution in [0, 0.1) is 0 Å². The molecule has 1 rings (SSSR count). The van der Waals surface area contributed by atoms with E-state index in [9.17, 15) is 0 Å². The quantitative estimate of drug-likeness (QED) is 0.754. The topological polar surface area (TPSA) is 40.5 Å². The second kappa shape index (κ2) is 3.86. The highest BCUT2D eigenvalue weighted by atomic mass is 35.5. The number of halogens is 1. The molecule has 0 aliphatic rings. The smallest absolute Gasteiger partial charge is 0.187 e. The highest BCUT2D eigenvalue weighted by Gasteiger charge is 2.07. The Bertz CT molecular complexity index is 306. The molecule has 2 nitrogen and oxygen atoms in total. The van der Waals surface area contributed by atoms with Gasteiger partial charge in [0.1, 0.15) is 0 Å². The van der Waals surface area contributed by atoms with Crippen molar-refractivity contribution < 1.29 is 9.79 Å². The SMILES string of the molecule is OP(O)(=S)Cc1ccc(Cl)cc1. The first-order chi connectivity index (χ1) is 5.47. The van der Waals surface area contributed by atoms with Gasteiger partial charge in [-0.15, -0.1) is 0 Å². The van der Waals surface area contributed by atoms with Gasteiger partial charge in [0, 0.05) is 11.2 Å². The molecule has 0 bridgehead atoms. The largest absolute Gasteiger partial charge is 0.345 e. The fraction of sp³-hybridized carbons (Fsp3) is 0.143. The van der Waals surface area contributed by atoms with E-state index in [-0.39, 0.29) is 6.16 Å². The van der Waals surface area contributed by atoms with Gasteiger partial charge in [0.2, 0.25) is 0 Å². The summed E-state index contributed by atoms with van der Waals surface area (Å²) >= 11 is 10.1. The Labute approximate surface area is 81.0 Å². The monoisotopic (exact) mass is 222 g/mol. The van der Waals surface area contributed by atoms with Crippen LogP contribution in [0.3, 0.4) is 0 Å². The van der Waals surface area contributed by atoms with E-state index in [2.05, 4.69) is 11.8 Å². The zero-order chi connectivity index (χ0) is 9.19. The molecule has 0 spiro atoms. The van der Waals surface area contributed by atoms with Crippen LogP contribution in [0.25, 0.3) is 0 Å². The van der Waals surface area contributed by atoms with Gasteiger partial charge in [-0.1, -0.05) is 23.7 Å². The van der Waals surface area contributed by atoms with Crippen LogP contribution in [-0.2, 0) is 18.0 Å². The lowest BCUT2D eigenvalue weighted by Crippen LogP contribution is -1.85. The summed E-state index contributed by atoms with van der Waals surface area (Å²) in [6, 6.07) is 6.86. The number of hydrogen-bond acceptors (Lipinski definition) is 1. The molecule has 66 valence electrons. The zero-order valence-corrected chi connectivity index (χ0v) is 8.61. The van der Waals surface area contributed by atoms with Crippen molar-refractivity contribution in [1.29, 1.82) is 0 Å². The van der Waals surface area contributed by atoms with Crippen molar-refractivity contribution in [2.45, 2.75) is 6.16 Å². The van der Waals surface area contributed by atoms with Crippen LogP contribution in [0.5, 0.6) is 0 Å². The van der Waals surface area contributed by atoms with Gasteiger partial charge in [0.15, 0.2) is 6.49 Å². The molecule has 1 aromatic carbocycles. The van der Waals surface area contributed by atoms with Crippen LogP contribution in [0.4, 0.5) is 0 Å². The Balaban J connectivity index is 2.78. The van der Waals surface area contributed by atoms with Crippen molar-refractivity contribution in [3.05, 3.63) is 34.9 Å². The van der Waals surface area contributed by atoms with E-state index in [0.29, 0.717) is 5.02 Å². The van der Waals surface area contributed by atoms with Crippen LogP contribution in [0.2, 0.25) is 5.02 Å². The van der Waals surface area contributed by atoms with Crippen molar-refractivity contribution in [2.24, 2.45) is 0 Å². The molecule has 0 heterocycles. The molecule has 0 atom stereocenters. The summed E-state index contributed by atoms with van der Waals surface area (Å²) in [6.07, 6.45) is 0.138. The highest BCUT2D eigenvalue weighted by molar-refractivity contribution is 8.08. The first-order valence-electron chi connectivity index (χ1n) is 3.26. The fourth-order valence-corrected chi connectivity index (χ4v) is 2.09. The van der Waals surface area contributed by atoms with Gasteiger partial charge in [0.25, 0.3) is 0 Å². The molecular weight excluding hydrogens is 215 g/mol. The minimum atomic E-state index is -3.11. The molecule has 2 N–H and O–H groups in total. The van der Waals surface area contributed by atoms with Crippen molar-refractivity contribution >= 4 is 29.9 Å². The third-order valence-corrected chi connectivity index (χ3v) is 2.72. The molecule has 12 heavy (non-hydrogen) atoms. The van der Waals surface area contributed by atoms with E-state index >= 15 is 0 Å². The molecule has 0 unspecified atom stereocenters. The highest BCUT2D eigenvalue weighted by Crippen LogP contribution is 2.39. The molecule has 0 aliphatic heterocycles. The summed E-state index contributed by atoms with van der Waals surface area (Å²) in [6.45, 7) is -3.11. The average Bonchev–Trinajstić information content (AvgIpc) is 1.91. The third kappa shape index (κ3) is 3.65. The summed E-state index contributed by atoms with van der Waals surface area (Å²) in [5.74, 6) is 0. The maximum Gasteiger partial charge on any atom is 0.187 e. The van der Waals surface area contributed by atoms with Crippen molar-refractivity contribution in [1.82, 2.24) is 0 Å². The number of rotatable bonds is 2. The van der Waals surface area contributed by atoms with Crippen LogP contribution in [-0.4, -0.2) is 9.79 Å². The number of hydrogen-bond donors (Lipinski definition) is 2. The zero-order valence-electron chi connectivity index (χ0n) is 6.14. The summed E-state index contributed by atoms with van der Waals surface area (Å²) < 4.78 is 0. The van der Waals surface area contributed by atoms with Gasteiger partial charge in [-0.3, -0.25) is 0 Å². The molecular formula is C7H8ClO2PS. The van der Waals surface area contributed by atoms with Crippen molar-refractivity contribution in [2.75, 3.05) is 0 Å². The van der Waals surface area contributed by atoms with Crippen LogP contribution < -0.4 is 0 Å². The molecule has 0 amide bonds. The predicted molar refractivity (Wildman–Crippen MR) is 53.9 cm³/mol. The van der Waals surface area contributed by atoms with E-state index in [4.69, 9.17) is 21.4 Å². The lowest BCUT2D eigenvalue weighted by atomic mass is 10.2. The molecule has 5 heteroatoms. The molecule has 0 radical (unpaired) electrons. The molecule has 0 fully saturated rings. The average molecular weight is 223 g/mol. The summed E-state index contributed by atoms with van der Waals surface area (Å²) in [5.41, 5.74) is 0.799. The summed E-state index contributed by atoms with van der Waals surface area (Å²) in [4.78, 5) is 18.0. The minimum Gasteiger partial charge on any atom is -0.345 e. The molecule has 0 aliphatic carbocycles. The van der Waals surface area contributed by atoms with Gasteiger partial charge in [-0.25, -0.2) is 0 Å². The van der Waals surface area contributed by atoms with Crippen molar-refractivity contribution in [3.63, 3.8) is 0 Å². The van der Waals surface area contributed by atoms with Crippen LogP contribution in [0.15, 0.2) is 24.3 Å². The lowest BCUT2D eigenvalue weighted by Gasteiger charge is -2.06. The Morgan fingerprint density at radius 1 is 1.25 bits per heavy atom. The van der Waals surface area contributed by atoms with E-state index < -0.39 is 6.49 Å². The third-order valence-electron chi connectivity index (χ3n) is 1.30. The molecule has 0 aromatic heterocycles. The minimum absolute atomic E-state index is 0.138. The van der Waals surface area contributed by atoms with Gasteiger partial charge in [-0.2, -0.15) is 0 Å². The molecule has 0 saturated heterocycles. The van der Waals surface area contributed by atoms with Crippen LogP contribution in [0.1, 0.15) is 5.56 Å². The van der Waals surface area contributed by atoms with Gasteiger partial charge >= 0.3 is 0 Å². The van der Waals surface area contributed by atoms with E-state index in [1.807, 2.05) is 0 Å². The lowest BCUT2D eigenvalue weighted by molar-refractivity contribution is 0.477. The first kappa shape index (κ1) is 10.2. The standard InChI is InChI=1S/C7H8ClO2PS/c8-7-3-1-6(2-4-7)5-11(9,10)12/h1-4H,5H2,(H2,9,10,12). The number of benzene rings is 1. The Kier molecular flexibility index (Phi) is 3.27. The van der Waals surface area contributed by atoms with Crippen LogP contribution >= 0.6 is 18.1 Å². The molecule has 1 aromatic rings. The Hall–Kier alpha value is 0.0800. The predicted octanol–water partition coefficient (Wildman–Crippen LogP) is 2.13. The molecule has 0 saturated carbocycles. The first-order valence-corrected chi connectivity index (χ1v) is 6.53. The van der Waals surface area contributed by atoms with Crippen molar-refractivity contribution in [3.8, 4) is 0 Å². The normalized spacial score (nSPS) is 11.6. The van der Waals surface area contributed by atoms with Gasteiger partial charge in [0.05, 0.1) is 0 Å². The summed E-state index contributed by atoms with van der Waals surface area (Å²) in [7, 11) is 0.